The van der Waals surface area contributed by atoms with Crippen molar-refractivity contribution in [2.75, 3.05) is 27.9 Å². The second kappa shape index (κ2) is 32.7. The summed E-state index contributed by atoms with van der Waals surface area (Å²) in [6, 6.07) is 21.5. The quantitative estimate of drug-likeness (QED) is 0.0241. The van der Waals surface area contributed by atoms with Crippen LogP contribution in [0.2, 0.25) is 0 Å². The molecule has 5 heterocycles. The average molecular weight is 1170 g/mol. The van der Waals surface area contributed by atoms with Gasteiger partial charge in [-0.2, -0.15) is 0 Å². The number of carbonyl (C=O) groups excluding carboxylic acids is 3. The first-order valence-corrected chi connectivity index (χ1v) is 30.5. The fraction of sp³-hybridized carbons (Fsp3) is 0.465. The second-order valence-electron chi connectivity index (χ2n) is 23.7. The fourth-order valence-corrected chi connectivity index (χ4v) is 11.7. The molecule has 0 spiro atoms. The Morgan fingerprint density at radius 3 is 2.00 bits per heavy atom. The smallest absolute Gasteiger partial charge is 0.664 e. The number of fused-ring (bicyclic) bond motifs is 8. The Bertz CT molecular complexity index is 3310. The van der Waals surface area contributed by atoms with Crippen LogP contribution in [0.1, 0.15) is 207 Å². The summed E-state index contributed by atoms with van der Waals surface area (Å²) in [4.78, 5) is 65.7. The van der Waals surface area contributed by atoms with E-state index in [0.29, 0.717) is 75.9 Å². The summed E-state index contributed by atoms with van der Waals surface area (Å²) in [6.07, 6.45) is 17.8. The van der Waals surface area contributed by atoms with Crippen LogP contribution in [-0.4, -0.2) is 75.0 Å². The van der Waals surface area contributed by atoms with Crippen molar-refractivity contribution in [1.29, 1.82) is 0 Å². The van der Waals surface area contributed by atoms with E-state index in [2.05, 4.69) is 83.3 Å². The summed E-state index contributed by atoms with van der Waals surface area (Å²) >= 11 is 0. The van der Waals surface area contributed by atoms with E-state index in [1.54, 1.807) is 14.2 Å². The Labute approximate surface area is 521 Å². The van der Waals surface area contributed by atoms with Gasteiger partial charge in [0.2, 0.25) is 22.8 Å². The summed E-state index contributed by atoms with van der Waals surface area (Å²) in [7, 11) is 4.62. The molecule has 4 aromatic rings. The summed E-state index contributed by atoms with van der Waals surface area (Å²) in [5.74, 6) is 2.00. The van der Waals surface area contributed by atoms with Crippen LogP contribution in [0.15, 0.2) is 96.0 Å². The van der Waals surface area contributed by atoms with Crippen molar-refractivity contribution in [3.05, 3.63) is 153 Å². The zero-order valence-corrected chi connectivity index (χ0v) is 54.3. The van der Waals surface area contributed by atoms with Crippen LogP contribution in [0.3, 0.4) is 0 Å². The third-order valence-electron chi connectivity index (χ3n) is 17.0. The molecule has 2 aromatic carbocycles. The Hall–Kier alpha value is -6.77. The van der Waals surface area contributed by atoms with Gasteiger partial charge in [0.25, 0.3) is 5.91 Å². The van der Waals surface area contributed by atoms with Crippen molar-refractivity contribution in [2.45, 2.75) is 171 Å². The van der Waals surface area contributed by atoms with Crippen LogP contribution in [0.25, 0.3) is 33.3 Å². The SMILES string of the molecule is C=CC1=C(C)c2cc3[n-]c(c(CC(=O)OC)c4[nH+]c(cc5[n-]c(cc1[nH+]2)c(C=NCc1ccc(OC)cc1)c5CC)C(C)=C4C(=O)NCc1ccc(OC)cc1)C(CCC(=O)OCC=C(C)CCCC(C)CCCC(C)CCCC(C)C)C3C.[Mg+2]. The monoisotopic (exact) mass is 1160 g/mol. The zero-order chi connectivity index (χ0) is 60.5. The maximum atomic E-state index is 15.0. The number of nitrogens with zero attached hydrogens (tertiary/aromatic N) is 3. The Kier molecular flexibility index (Phi) is 25.9. The van der Waals surface area contributed by atoms with Gasteiger partial charge in [0.15, 0.2) is 0 Å². The number of allylic oxidation sites excluding steroid dienone is 5. The molecular weight excluding hydrogens is 1070 g/mol. The zero-order valence-electron chi connectivity index (χ0n) is 52.9. The van der Waals surface area contributed by atoms with Crippen LogP contribution in [0.5, 0.6) is 11.5 Å². The van der Waals surface area contributed by atoms with Crippen molar-refractivity contribution in [2.24, 2.45) is 22.7 Å². The normalized spacial score (nSPS) is 15.4. The average Bonchev–Trinajstić information content (AvgIpc) is 3.26. The first kappa shape index (κ1) is 67.4. The molecule has 0 saturated heterocycles. The van der Waals surface area contributed by atoms with Crippen LogP contribution in [0, 0.1) is 17.8 Å². The van der Waals surface area contributed by atoms with E-state index in [0.717, 1.165) is 80.9 Å². The number of esters is 2. The summed E-state index contributed by atoms with van der Waals surface area (Å²) in [5.41, 5.74) is 13.8. The van der Waals surface area contributed by atoms with Gasteiger partial charge >= 0.3 is 35.0 Å². The van der Waals surface area contributed by atoms with Crippen molar-refractivity contribution >= 4 is 80.4 Å². The molecule has 1 amide bonds. The third-order valence-corrected chi connectivity index (χ3v) is 17.0. The predicted molar refractivity (Wildman–Crippen MR) is 343 cm³/mol. The first-order chi connectivity index (χ1) is 40.4. The van der Waals surface area contributed by atoms with Crippen molar-refractivity contribution in [3.8, 4) is 11.5 Å². The number of H-pyrrole nitrogens is 2. The van der Waals surface area contributed by atoms with Crippen molar-refractivity contribution in [3.63, 3.8) is 0 Å². The summed E-state index contributed by atoms with van der Waals surface area (Å²) < 4.78 is 22.1. The summed E-state index contributed by atoms with van der Waals surface area (Å²) in [6.45, 7) is 24.8. The Morgan fingerprint density at radius 1 is 0.753 bits per heavy atom. The van der Waals surface area contributed by atoms with Crippen LogP contribution in [-0.2, 0) is 49.8 Å². The number of amides is 1. The number of ether oxygens (including phenoxy) is 4. The minimum atomic E-state index is -0.507. The van der Waals surface area contributed by atoms with E-state index in [9.17, 15) is 14.4 Å². The first-order valence-electron chi connectivity index (χ1n) is 30.5. The van der Waals surface area contributed by atoms with Gasteiger partial charge in [0.1, 0.15) is 23.7 Å². The Balaban J connectivity index is 0.0000116. The molecule has 448 valence electrons. The van der Waals surface area contributed by atoms with Gasteiger partial charge < -0.3 is 34.2 Å². The van der Waals surface area contributed by atoms with Gasteiger partial charge in [-0.3, -0.25) is 19.4 Å². The molecular formula is C71H92MgN6O7+2. The summed E-state index contributed by atoms with van der Waals surface area (Å²) in [5, 5.41) is 3.17. The number of nitrogens with one attached hydrogen (secondary N) is 3. The number of carbonyl (C=O) groups is 3. The van der Waals surface area contributed by atoms with E-state index < -0.39 is 5.97 Å². The molecule has 85 heavy (non-hydrogen) atoms. The van der Waals surface area contributed by atoms with E-state index in [1.165, 1.54) is 57.6 Å². The molecule has 4 atom stereocenters. The molecule has 14 heteroatoms. The van der Waals surface area contributed by atoms with E-state index in [1.807, 2.05) is 86.0 Å². The minimum Gasteiger partial charge on any atom is -0.664 e. The van der Waals surface area contributed by atoms with Crippen molar-refractivity contribution in [1.82, 2.24) is 15.3 Å². The van der Waals surface area contributed by atoms with Gasteiger partial charge in [-0.25, -0.2) is 9.97 Å². The van der Waals surface area contributed by atoms with Gasteiger partial charge in [0, 0.05) is 35.9 Å². The molecule has 13 nitrogen and oxygen atoms in total. The number of hydrogen-bond donors (Lipinski definition) is 1. The van der Waals surface area contributed by atoms with Crippen molar-refractivity contribution < 1.29 is 43.3 Å². The number of rotatable bonds is 29. The molecule has 8 bridgehead atoms. The molecule has 3 aliphatic heterocycles. The fourth-order valence-electron chi connectivity index (χ4n) is 11.7. The number of benzene rings is 2. The van der Waals surface area contributed by atoms with E-state index in [-0.39, 0.29) is 72.8 Å². The van der Waals surface area contributed by atoms with Gasteiger partial charge in [-0.1, -0.05) is 135 Å². The molecule has 3 aliphatic rings. The molecule has 2 aromatic heterocycles. The van der Waals surface area contributed by atoms with Gasteiger partial charge in [0.05, 0.1) is 39.9 Å². The molecule has 0 radical (unpaired) electrons. The molecule has 3 N–H and O–H groups in total. The molecule has 0 saturated carbocycles. The number of aryl methyl sites for hydroxylation is 1. The number of methoxy groups -OCH3 is 3. The maximum absolute atomic E-state index is 15.0. The second-order valence-corrected chi connectivity index (χ2v) is 23.7. The molecule has 0 aliphatic carbocycles. The topological polar surface area (TPSA) is 169 Å². The molecule has 7 rings (SSSR count). The maximum Gasteiger partial charge on any atom is 2.00 e. The molecule has 4 unspecified atom stereocenters. The van der Waals surface area contributed by atoms with Gasteiger partial charge in [-0.05, 0) is 141 Å². The number of aliphatic imine (C=N–C) groups is 1. The number of hydrogen-bond acceptors (Lipinski definition) is 8. The van der Waals surface area contributed by atoms with E-state index in [4.69, 9.17) is 33.9 Å². The van der Waals surface area contributed by atoms with Crippen LogP contribution >= 0.6 is 0 Å². The Morgan fingerprint density at radius 2 is 1.38 bits per heavy atom. The van der Waals surface area contributed by atoms with Crippen LogP contribution in [0.4, 0.5) is 0 Å². The van der Waals surface area contributed by atoms with Gasteiger partial charge in [-0.15, -0.1) is 22.4 Å². The molecule has 0 fully saturated rings. The van der Waals surface area contributed by atoms with Crippen LogP contribution < -0.4 is 34.7 Å². The third kappa shape index (κ3) is 18.1. The minimum absolute atomic E-state index is 0. The number of aromatic amines is 2. The van der Waals surface area contributed by atoms with E-state index >= 15 is 0 Å². The number of aromatic nitrogens is 4. The predicted octanol–water partition coefficient (Wildman–Crippen LogP) is 13.6. The standard InChI is InChI=1S/C71H91N6O7.Mg/c1-14-55-48(8)60-38-61-49(9)57(33-34-66(78)84-36-35-47(7)24-18-23-46(6)22-17-21-45(5)20-16-19-44(3)4)69(76-61)58(37-67(79)83-13)70-68(71(80)73-42-52-27-31-54(82-12)32-28-52)50(10)62(77-70)39-64-56(15-2)59(65(75-64)40-63(55)74-60)43-72-41-51-25-29-53(81-11)30-26-51;/h14,25-32,35,38-40,43-46,49,57H,1,15-24,33-34,36-37,41-42H2,2-13H3,(H2-,72,73,74,75,76,77,80);/q-1;+2/p+1. The largest absolute Gasteiger partial charge is 2.00 e.